The first-order chi connectivity index (χ1) is 13.0. The second kappa shape index (κ2) is 7.92. The highest BCUT2D eigenvalue weighted by Crippen LogP contribution is 2.45. The minimum Gasteiger partial charge on any atom is -0.395 e. The molecule has 1 aliphatic heterocycles. The fourth-order valence-electron chi connectivity index (χ4n) is 4.01. The van der Waals surface area contributed by atoms with Gasteiger partial charge >= 0.3 is 0 Å². The predicted octanol–water partition coefficient (Wildman–Crippen LogP) is 2.37. The first-order valence-electron chi connectivity index (χ1n) is 9.33. The fourth-order valence-corrected chi connectivity index (χ4v) is 4.01. The van der Waals surface area contributed by atoms with Crippen LogP contribution in [0.3, 0.4) is 0 Å². The van der Waals surface area contributed by atoms with Gasteiger partial charge in [0.15, 0.2) is 0 Å². The molecule has 0 aromatic heterocycles. The zero-order chi connectivity index (χ0) is 19.4. The number of hydrogen-bond donors (Lipinski definition) is 1. The van der Waals surface area contributed by atoms with Crippen LogP contribution < -0.4 is 4.90 Å². The van der Waals surface area contributed by atoms with E-state index >= 15 is 0 Å². The van der Waals surface area contributed by atoms with Gasteiger partial charge in [-0.1, -0.05) is 48.5 Å². The van der Waals surface area contributed by atoms with Gasteiger partial charge in [-0.3, -0.25) is 9.59 Å². The van der Waals surface area contributed by atoms with Gasteiger partial charge in [0.1, 0.15) is 0 Å². The van der Waals surface area contributed by atoms with Gasteiger partial charge in [-0.05, 0) is 30.5 Å². The van der Waals surface area contributed by atoms with Crippen LogP contribution in [0.25, 0.3) is 0 Å². The monoisotopic (exact) mass is 366 g/mol. The van der Waals surface area contributed by atoms with Crippen LogP contribution in [0.5, 0.6) is 0 Å². The van der Waals surface area contributed by atoms with Crippen LogP contribution in [0.2, 0.25) is 0 Å². The maximum absolute atomic E-state index is 13.4. The lowest BCUT2D eigenvalue weighted by atomic mass is 9.73. The van der Waals surface area contributed by atoms with E-state index in [0.717, 1.165) is 16.8 Å². The quantitative estimate of drug-likeness (QED) is 0.818. The van der Waals surface area contributed by atoms with Crippen molar-refractivity contribution in [2.45, 2.75) is 25.2 Å². The number of aliphatic hydroxyl groups is 1. The summed E-state index contributed by atoms with van der Waals surface area (Å²) in [5.41, 5.74) is 1.85. The summed E-state index contributed by atoms with van der Waals surface area (Å²) in [6.07, 6.45) is 0.562. The number of likely N-dealkylation sites (N-methyl/N-ethyl adjacent to an activating group) is 2. The van der Waals surface area contributed by atoms with Gasteiger partial charge in [-0.15, -0.1) is 0 Å². The molecule has 3 rings (SSSR count). The van der Waals surface area contributed by atoms with E-state index in [1.165, 1.54) is 0 Å². The van der Waals surface area contributed by atoms with Crippen molar-refractivity contribution in [3.8, 4) is 0 Å². The Balaban J connectivity index is 2.05. The topological polar surface area (TPSA) is 60.9 Å². The molecule has 1 atom stereocenters. The molecular weight excluding hydrogens is 340 g/mol. The summed E-state index contributed by atoms with van der Waals surface area (Å²) in [5, 5.41) is 9.26. The molecule has 0 aliphatic carbocycles. The summed E-state index contributed by atoms with van der Waals surface area (Å²) in [4.78, 5) is 29.7. The molecule has 0 saturated carbocycles. The second-order valence-electron chi connectivity index (χ2n) is 7.00. The Kier molecular flexibility index (Phi) is 5.61. The van der Waals surface area contributed by atoms with E-state index in [2.05, 4.69) is 0 Å². The summed E-state index contributed by atoms with van der Waals surface area (Å²) in [7, 11) is 1.77. The van der Waals surface area contributed by atoms with Crippen molar-refractivity contribution in [2.24, 2.45) is 0 Å². The van der Waals surface area contributed by atoms with Crippen molar-refractivity contribution in [1.29, 1.82) is 0 Å². The zero-order valence-corrected chi connectivity index (χ0v) is 15.9. The number of nitrogens with zero attached hydrogens (tertiary/aromatic N) is 2. The van der Waals surface area contributed by atoms with Gasteiger partial charge in [-0.2, -0.15) is 0 Å². The lowest BCUT2D eigenvalue weighted by Crippen LogP contribution is -2.46. The minimum absolute atomic E-state index is 0.0547. The molecule has 2 aromatic rings. The van der Waals surface area contributed by atoms with Crippen molar-refractivity contribution in [2.75, 3.05) is 31.6 Å². The highest BCUT2D eigenvalue weighted by Gasteiger charge is 2.51. The van der Waals surface area contributed by atoms with Crippen molar-refractivity contribution in [3.63, 3.8) is 0 Å². The Morgan fingerprint density at radius 2 is 1.78 bits per heavy atom. The summed E-state index contributed by atoms with van der Waals surface area (Å²) in [5.74, 6) is -0.165. The molecular formula is C22H26N2O3. The molecule has 0 spiro atoms. The van der Waals surface area contributed by atoms with Gasteiger partial charge in [0.05, 0.1) is 12.0 Å². The van der Waals surface area contributed by atoms with E-state index < -0.39 is 5.41 Å². The molecule has 1 aliphatic rings. The van der Waals surface area contributed by atoms with Gasteiger partial charge in [0.25, 0.3) is 0 Å². The van der Waals surface area contributed by atoms with Crippen molar-refractivity contribution in [3.05, 3.63) is 65.7 Å². The van der Waals surface area contributed by atoms with Crippen molar-refractivity contribution >= 4 is 17.5 Å². The molecule has 2 amide bonds. The van der Waals surface area contributed by atoms with Crippen LogP contribution in [0, 0.1) is 0 Å². The minimum atomic E-state index is -0.924. The summed E-state index contributed by atoms with van der Waals surface area (Å²) in [6.45, 7) is 2.58. The lowest BCUT2D eigenvalue weighted by Gasteiger charge is -2.31. The smallest absolute Gasteiger partial charge is 0.238 e. The second-order valence-corrected chi connectivity index (χ2v) is 7.00. The van der Waals surface area contributed by atoms with Gasteiger partial charge in [0, 0.05) is 32.2 Å². The normalized spacial score (nSPS) is 18.5. The highest BCUT2D eigenvalue weighted by molar-refractivity contribution is 6.09. The fraction of sp³-hybridized carbons (Fsp3) is 0.364. The van der Waals surface area contributed by atoms with Crippen LogP contribution in [0.15, 0.2) is 54.6 Å². The van der Waals surface area contributed by atoms with Crippen molar-refractivity contribution in [1.82, 2.24) is 4.90 Å². The molecule has 0 bridgehead atoms. The number of carbonyl (C=O) groups is 2. The zero-order valence-electron chi connectivity index (χ0n) is 15.9. The van der Waals surface area contributed by atoms with Crippen LogP contribution in [-0.2, 0) is 21.4 Å². The summed E-state index contributed by atoms with van der Waals surface area (Å²) in [6, 6.07) is 17.5. The molecule has 1 heterocycles. The van der Waals surface area contributed by atoms with Crippen LogP contribution in [0.4, 0.5) is 5.69 Å². The predicted molar refractivity (Wildman–Crippen MR) is 106 cm³/mol. The number of anilines is 1. The van der Waals surface area contributed by atoms with E-state index in [-0.39, 0.29) is 31.4 Å². The average molecular weight is 366 g/mol. The van der Waals surface area contributed by atoms with E-state index in [0.29, 0.717) is 13.0 Å². The Labute approximate surface area is 160 Å². The Morgan fingerprint density at radius 1 is 1.11 bits per heavy atom. The van der Waals surface area contributed by atoms with Gasteiger partial charge < -0.3 is 14.9 Å². The molecule has 1 unspecified atom stereocenters. The lowest BCUT2D eigenvalue weighted by molar-refractivity contribution is -0.136. The SMILES string of the molecule is CCN(CCO)C(=O)CC1(Cc2ccccc2)C(=O)N(C)c2ccccc21. The summed E-state index contributed by atoms with van der Waals surface area (Å²) >= 11 is 0. The number of para-hydroxylation sites is 1. The third-order valence-electron chi connectivity index (χ3n) is 5.40. The molecule has 2 aromatic carbocycles. The number of hydrogen-bond acceptors (Lipinski definition) is 3. The summed E-state index contributed by atoms with van der Waals surface area (Å²) < 4.78 is 0. The van der Waals surface area contributed by atoms with E-state index in [4.69, 9.17) is 0 Å². The van der Waals surface area contributed by atoms with E-state index in [1.807, 2.05) is 61.5 Å². The van der Waals surface area contributed by atoms with Gasteiger partial charge in [0.2, 0.25) is 11.8 Å². The van der Waals surface area contributed by atoms with Crippen LogP contribution in [0.1, 0.15) is 24.5 Å². The Hall–Kier alpha value is -2.66. The number of carbonyl (C=O) groups excluding carboxylic acids is 2. The molecule has 142 valence electrons. The molecule has 0 saturated heterocycles. The van der Waals surface area contributed by atoms with Gasteiger partial charge in [-0.25, -0.2) is 0 Å². The Morgan fingerprint density at radius 3 is 2.44 bits per heavy atom. The number of aliphatic hydroxyl groups excluding tert-OH is 1. The maximum atomic E-state index is 13.4. The van der Waals surface area contributed by atoms with E-state index in [1.54, 1.807) is 16.8 Å². The molecule has 0 fully saturated rings. The molecule has 5 nitrogen and oxygen atoms in total. The Bertz CT molecular complexity index is 821. The molecule has 27 heavy (non-hydrogen) atoms. The molecule has 1 N–H and O–H groups in total. The number of rotatable bonds is 7. The van der Waals surface area contributed by atoms with Crippen LogP contribution >= 0.6 is 0 Å². The molecule has 0 radical (unpaired) electrons. The molecule has 5 heteroatoms. The maximum Gasteiger partial charge on any atom is 0.238 e. The van der Waals surface area contributed by atoms with Crippen molar-refractivity contribution < 1.29 is 14.7 Å². The average Bonchev–Trinajstić information content (AvgIpc) is 2.89. The first kappa shape index (κ1) is 19.1. The standard InChI is InChI=1S/C22H26N2O3/c1-3-24(13-14-25)20(26)16-22(15-17-9-5-4-6-10-17)18-11-7-8-12-19(18)23(2)21(22)27/h4-12,25H,3,13-16H2,1-2H3. The highest BCUT2D eigenvalue weighted by atomic mass is 16.3. The van der Waals surface area contributed by atoms with Crippen LogP contribution in [-0.4, -0.2) is 48.6 Å². The third kappa shape index (κ3) is 3.47. The number of fused-ring (bicyclic) bond motifs is 1. The first-order valence-corrected chi connectivity index (χ1v) is 9.33. The van der Waals surface area contributed by atoms with E-state index in [9.17, 15) is 14.7 Å². The number of amides is 2. The largest absolute Gasteiger partial charge is 0.395 e. The third-order valence-corrected chi connectivity index (χ3v) is 5.40. The number of benzene rings is 2.